The highest BCUT2D eigenvalue weighted by atomic mass is 35.5. The van der Waals surface area contributed by atoms with Crippen LogP contribution < -0.4 is 53.5 Å². The first-order valence-electron chi connectivity index (χ1n) is 38.3. The Kier molecular flexibility index (Phi) is 25.0. The number of hydrogen-bond acceptors (Lipinski definition) is 23. The van der Waals surface area contributed by atoms with Gasteiger partial charge in [-0.1, -0.05) is 50.1 Å². The zero-order valence-corrected chi connectivity index (χ0v) is 65.6. The number of aliphatic hydroxyl groups is 3. The topological polar surface area (TPSA) is 402 Å². The quantitative estimate of drug-likeness (QED) is 0.0292. The number of nitrogen functional groups attached to an aromatic ring is 1. The van der Waals surface area contributed by atoms with Crippen LogP contribution in [0.5, 0.6) is 0 Å². The summed E-state index contributed by atoms with van der Waals surface area (Å²) >= 11 is 6.06. The van der Waals surface area contributed by atoms with Gasteiger partial charge in [-0.15, -0.1) is 0 Å². The number of rotatable bonds is 18. The fourth-order valence-electron chi connectivity index (χ4n) is 14.2. The van der Waals surface area contributed by atoms with Crippen molar-refractivity contribution < 1.29 is 61.9 Å². The van der Waals surface area contributed by atoms with Crippen molar-refractivity contribution in [2.75, 3.05) is 52.6 Å². The summed E-state index contributed by atoms with van der Waals surface area (Å²) in [6.45, 7) is 10.5. The van der Waals surface area contributed by atoms with Gasteiger partial charge in [-0.3, -0.25) is 38.6 Å². The van der Waals surface area contributed by atoms with Crippen LogP contribution in [0.3, 0.4) is 0 Å². The highest BCUT2D eigenvalue weighted by Gasteiger charge is 2.42. The first kappa shape index (κ1) is 82.7. The first-order chi connectivity index (χ1) is 54.1. The number of carbonyl (C=O) groups excluding carboxylic acids is 5. The number of nitrogens with zero attached hydrogens (tertiary/aromatic N) is 14. The smallest absolute Gasteiger partial charge is 0.415 e. The SMILES string of the molecule is CN(C(=O)OC(C)(C)C)c1cc(Cl)nc2c(C(=O)N[C@@H]3C[C@@H]3F)cnn12.CN(C(=O)OC(C)(C)C)c1cc(Nc2cccn([C@H]3CCCC[C@H]3O)c2=O)nc2c(C(=O)C[C@@H]3C[C@@H]3F)cnn12.CNc1cc(Nc2cccn([C@H]3CCCC[C@H]3O)c2=O)nc2c(C(=O)C[C@@H]3C[C@@H]3F)cnn12.Nc1cccn([C@H]2CCCC[C@H]2O)c1=O. The van der Waals surface area contributed by atoms with E-state index in [4.69, 9.17) is 26.8 Å². The molecule has 32 nitrogen and oxygen atoms in total. The lowest BCUT2D eigenvalue weighted by atomic mass is 9.92. The minimum absolute atomic E-state index is 0.0339. The molecule has 36 heteroatoms. The maximum atomic E-state index is 13.5. The number of hydrogen-bond donors (Lipinski definition) is 8. The summed E-state index contributed by atoms with van der Waals surface area (Å²) in [5.74, 6) is 0.135. The predicted molar refractivity (Wildman–Crippen MR) is 421 cm³/mol. The average molecular weight is 1600 g/mol. The van der Waals surface area contributed by atoms with Gasteiger partial charge in [-0.05, 0) is 129 Å². The largest absolute Gasteiger partial charge is 0.443 e. The van der Waals surface area contributed by atoms with Gasteiger partial charge in [0.05, 0.1) is 77.9 Å². The van der Waals surface area contributed by atoms with Crippen LogP contribution in [0.2, 0.25) is 5.15 Å². The van der Waals surface area contributed by atoms with Crippen LogP contribution in [0, 0.1) is 11.8 Å². The van der Waals surface area contributed by atoms with Crippen molar-refractivity contribution in [2.45, 2.75) is 223 Å². The maximum absolute atomic E-state index is 13.5. The van der Waals surface area contributed by atoms with Gasteiger partial charge in [0.25, 0.3) is 22.6 Å². The van der Waals surface area contributed by atoms with Gasteiger partial charge in [0.15, 0.2) is 28.5 Å². The average Bonchev–Trinajstić information content (AvgIpc) is 1.53. The second-order valence-electron chi connectivity index (χ2n) is 31.7. The Balaban J connectivity index is 0.000000147. The molecule has 15 rings (SSSR count). The number of amides is 3. The molecule has 0 aromatic carbocycles. The van der Waals surface area contributed by atoms with E-state index in [0.29, 0.717) is 67.1 Å². The van der Waals surface area contributed by atoms with Crippen molar-refractivity contribution in [1.82, 2.24) is 62.8 Å². The third kappa shape index (κ3) is 19.3. The molecule has 114 heavy (non-hydrogen) atoms. The zero-order valence-electron chi connectivity index (χ0n) is 64.9. The summed E-state index contributed by atoms with van der Waals surface area (Å²) in [7, 11) is 4.73. The fraction of sp³-hybridized carbons (Fsp3) is 0.513. The summed E-state index contributed by atoms with van der Waals surface area (Å²) in [5, 5.41) is 55.2. The van der Waals surface area contributed by atoms with Crippen LogP contribution >= 0.6 is 11.6 Å². The van der Waals surface area contributed by atoms with Crippen molar-refractivity contribution in [3.8, 4) is 0 Å². The first-order valence-corrected chi connectivity index (χ1v) is 38.7. The molecule has 6 aliphatic carbocycles. The number of alkyl halides is 3. The van der Waals surface area contributed by atoms with Crippen LogP contribution in [0.1, 0.15) is 200 Å². The van der Waals surface area contributed by atoms with Gasteiger partial charge in [-0.25, -0.2) is 37.7 Å². The number of nitrogens with two attached hydrogens (primary N) is 1. The highest BCUT2D eigenvalue weighted by molar-refractivity contribution is 6.30. The van der Waals surface area contributed by atoms with Crippen LogP contribution in [0.25, 0.3) is 16.9 Å². The van der Waals surface area contributed by atoms with Crippen LogP contribution in [0.15, 0.2) is 106 Å². The molecule has 0 radical (unpaired) electrons. The van der Waals surface area contributed by atoms with Crippen LogP contribution in [-0.4, -0.2) is 178 Å². The van der Waals surface area contributed by atoms with E-state index in [2.05, 4.69) is 51.5 Å². The summed E-state index contributed by atoms with van der Waals surface area (Å²) in [6.07, 6.45) is 14.9. The third-order valence-electron chi connectivity index (χ3n) is 20.7. The molecule has 6 saturated carbocycles. The molecule has 6 fully saturated rings. The summed E-state index contributed by atoms with van der Waals surface area (Å²) in [4.78, 5) is 117. The fourth-order valence-corrected chi connectivity index (χ4v) is 14.3. The minimum Gasteiger partial charge on any atom is -0.443 e. The lowest BCUT2D eigenvalue weighted by molar-refractivity contribution is 0.0577. The Morgan fingerprint density at radius 3 is 1.36 bits per heavy atom. The van der Waals surface area contributed by atoms with Gasteiger partial charge in [0.1, 0.15) is 80.9 Å². The van der Waals surface area contributed by atoms with Crippen molar-refractivity contribution in [3.63, 3.8) is 0 Å². The third-order valence-corrected chi connectivity index (χ3v) is 20.9. The molecule has 9 aromatic heterocycles. The van der Waals surface area contributed by atoms with Crippen LogP contribution in [-0.2, 0) is 9.47 Å². The Bertz CT molecular complexity index is 5250. The number of Topliss-reactive ketones (excluding diaryl/α,β-unsaturated/α-hetero) is 2. The molecule has 0 spiro atoms. The summed E-state index contributed by atoms with van der Waals surface area (Å²) in [6, 6.07) is 13.6. The van der Waals surface area contributed by atoms with Gasteiger partial charge in [-0.2, -0.15) is 28.8 Å². The molecule has 0 unspecified atom stereocenters. The minimum atomic E-state index is -1.02. The second-order valence-corrected chi connectivity index (χ2v) is 32.1. The van der Waals surface area contributed by atoms with Crippen LogP contribution in [0.4, 0.5) is 68.9 Å². The number of nitrogens with one attached hydrogen (secondary N) is 4. The number of halogens is 4. The number of carbonyl (C=O) groups is 5. The number of fused-ring (bicyclic) bond motifs is 3. The molecule has 9 N–H and O–H groups in total. The Morgan fingerprint density at radius 1 is 0.553 bits per heavy atom. The normalized spacial score (nSPS) is 22.9. The number of aromatic nitrogens is 12. The number of aliphatic hydroxyl groups excluding tert-OH is 3. The van der Waals surface area contributed by atoms with E-state index < -0.39 is 72.2 Å². The van der Waals surface area contributed by atoms with Gasteiger partial charge in [0.2, 0.25) is 0 Å². The van der Waals surface area contributed by atoms with Crippen molar-refractivity contribution in [2.24, 2.45) is 11.8 Å². The molecule has 0 bridgehead atoms. The number of anilines is 8. The lowest BCUT2D eigenvalue weighted by Gasteiger charge is -2.29. The lowest BCUT2D eigenvalue weighted by Crippen LogP contribution is -2.35. The number of pyridine rings is 3. The molecule has 0 aliphatic heterocycles. The van der Waals surface area contributed by atoms with E-state index in [0.717, 1.165) is 57.8 Å². The maximum Gasteiger partial charge on any atom is 0.415 e. The summed E-state index contributed by atoms with van der Waals surface area (Å²) < 4.78 is 59.5. The Labute approximate surface area is 658 Å². The number of ketones is 2. The molecular formula is C78H97ClF3N19O13. The summed E-state index contributed by atoms with van der Waals surface area (Å²) in [5.41, 5.74) is 5.46. The van der Waals surface area contributed by atoms with E-state index in [9.17, 15) is 66.8 Å². The molecule has 6 aliphatic rings. The molecule has 0 saturated heterocycles. The Morgan fingerprint density at radius 2 is 0.939 bits per heavy atom. The van der Waals surface area contributed by atoms with Gasteiger partial charge < -0.3 is 65.5 Å². The van der Waals surface area contributed by atoms with E-state index in [1.165, 1.54) is 72.7 Å². The van der Waals surface area contributed by atoms with Crippen molar-refractivity contribution >= 4 is 104 Å². The van der Waals surface area contributed by atoms with E-state index in [-0.39, 0.29) is 127 Å². The predicted octanol–water partition coefficient (Wildman–Crippen LogP) is 11.0. The zero-order chi connectivity index (χ0) is 81.9. The molecule has 9 heterocycles. The van der Waals surface area contributed by atoms with E-state index in [1.54, 1.807) is 119 Å². The van der Waals surface area contributed by atoms with Crippen molar-refractivity contribution in [3.05, 3.63) is 145 Å². The molecule has 9 aromatic rings. The Hall–Kier alpha value is -10.8. The second kappa shape index (κ2) is 34.5. The van der Waals surface area contributed by atoms with E-state index >= 15 is 0 Å². The highest BCUT2D eigenvalue weighted by Crippen LogP contribution is 2.40. The monoisotopic (exact) mass is 1600 g/mol. The van der Waals surface area contributed by atoms with Gasteiger partial charge in [0, 0.05) is 89.0 Å². The molecule has 12 atom stereocenters. The van der Waals surface area contributed by atoms with E-state index in [1.807, 2.05) is 0 Å². The van der Waals surface area contributed by atoms with Gasteiger partial charge >= 0.3 is 12.2 Å². The standard InChI is InChI=1S/C28H35FN6O5.C23H27FN6O3.C16H19ClFN5O3.C11H16N2O2/c1-28(2,3)40-27(39)33(4)24-14-23(32-25-17(15-30-35(24)25)22(37)13-16-12-18(16)29)31-19-8-7-11-34(26(19)38)20-9-5-6-10-21(20)36;1-25-21-11-20(28-22-14(12-26-30(21)22)19(32)10-13-9-15(13)24)27-16-5-4-8-29(23(16)33)17-6-2-3-7-18(17)31;1-16(2,3)26-15(25)22(4)12-6-11(17)21-13-8(7-19-23(12)13)14(24)20-10-5-9(10)18;12-8-4-3-7-13(11(8)15)9-5-1-2-6-10(9)14/h7-8,11,14-16,18,20-21,36H,5-6,9-10,12-13H2,1-4H3,(H,31,32);4-5,8,11-13,15,17-18,25,31H,2-3,6-7,9-10H2,1H3,(H,27,28);6-7,9-10H,5H2,1-4H3,(H,20,24);3-4,7,9-10,14H,1-2,5-6,12H2/t16-,18-,20-,21+;13-,15-,17-,18+;2*9-,10+/m0000/s1. The molecular weight excluding hydrogens is 1500 g/mol. The molecule has 3 amide bonds. The molecule has 610 valence electrons. The van der Waals surface area contributed by atoms with Crippen molar-refractivity contribution in [1.29, 1.82) is 0 Å². The number of ether oxygens (including phenoxy) is 2.